The third-order valence-corrected chi connectivity index (χ3v) is 7.25. The lowest BCUT2D eigenvalue weighted by molar-refractivity contribution is 0.306. The summed E-state index contributed by atoms with van der Waals surface area (Å²) in [6, 6.07) is 26.9. The Bertz CT molecular complexity index is 1260. The van der Waals surface area contributed by atoms with Crippen molar-refractivity contribution in [1.82, 2.24) is 14.8 Å². The van der Waals surface area contributed by atoms with Gasteiger partial charge in [0.15, 0.2) is 11.0 Å². The first-order valence-corrected chi connectivity index (χ1v) is 13.9. The zero-order valence-corrected chi connectivity index (χ0v) is 23.3. The first-order valence-electron chi connectivity index (χ1n) is 12.9. The summed E-state index contributed by atoms with van der Waals surface area (Å²) in [5.74, 6) is 2.88. The molecular weight excluding hydrogens is 476 g/mol. The van der Waals surface area contributed by atoms with Crippen LogP contribution in [0, 0.1) is 5.92 Å². The molecule has 5 nitrogen and oxygen atoms in total. The number of benzene rings is 3. The Hall–Kier alpha value is -3.09. The summed E-state index contributed by atoms with van der Waals surface area (Å²) in [5.41, 5.74) is 11.5. The number of hydrogen-bond donors (Lipinski definition) is 1. The molecule has 0 saturated heterocycles. The molecule has 0 spiro atoms. The van der Waals surface area contributed by atoms with Crippen molar-refractivity contribution in [2.75, 3.05) is 0 Å². The summed E-state index contributed by atoms with van der Waals surface area (Å²) in [4.78, 5) is 0. The topological polar surface area (TPSA) is 66.0 Å². The Labute approximate surface area is 225 Å². The van der Waals surface area contributed by atoms with E-state index in [-0.39, 0.29) is 11.5 Å². The number of rotatable bonds is 10. The average molecular weight is 515 g/mol. The molecule has 0 radical (unpaired) electrons. The van der Waals surface area contributed by atoms with Crippen LogP contribution in [0.5, 0.6) is 5.75 Å². The van der Waals surface area contributed by atoms with Crippen molar-refractivity contribution in [3.63, 3.8) is 0 Å². The van der Waals surface area contributed by atoms with Gasteiger partial charge in [0.1, 0.15) is 12.4 Å². The van der Waals surface area contributed by atoms with Crippen LogP contribution < -0.4 is 10.5 Å². The van der Waals surface area contributed by atoms with E-state index in [0.29, 0.717) is 12.5 Å². The van der Waals surface area contributed by atoms with Crippen LogP contribution in [0.3, 0.4) is 0 Å². The Balaban J connectivity index is 1.54. The molecule has 1 atom stereocenters. The Morgan fingerprint density at radius 1 is 0.865 bits per heavy atom. The van der Waals surface area contributed by atoms with Gasteiger partial charge in [-0.25, -0.2) is 0 Å². The summed E-state index contributed by atoms with van der Waals surface area (Å²) < 4.78 is 8.09. The van der Waals surface area contributed by atoms with Crippen LogP contribution in [0.4, 0.5) is 0 Å². The fraction of sp³-hybridized carbons (Fsp3) is 0.355. The van der Waals surface area contributed by atoms with Crippen molar-refractivity contribution in [3.8, 4) is 11.4 Å². The van der Waals surface area contributed by atoms with Crippen molar-refractivity contribution in [1.29, 1.82) is 0 Å². The molecule has 1 aromatic heterocycles. The van der Waals surface area contributed by atoms with Gasteiger partial charge in [-0.1, -0.05) is 101 Å². The van der Waals surface area contributed by atoms with Gasteiger partial charge in [-0.15, -0.1) is 10.2 Å². The molecule has 4 aromatic rings. The molecule has 1 heterocycles. The molecule has 0 unspecified atom stereocenters. The summed E-state index contributed by atoms with van der Waals surface area (Å²) in [6.07, 6.45) is 0.843. The fourth-order valence-corrected chi connectivity index (χ4v) is 5.07. The van der Waals surface area contributed by atoms with Gasteiger partial charge in [0.25, 0.3) is 0 Å². The van der Waals surface area contributed by atoms with Crippen molar-refractivity contribution in [2.24, 2.45) is 11.7 Å². The first kappa shape index (κ1) is 27.0. The molecule has 0 aliphatic carbocycles. The van der Waals surface area contributed by atoms with Crippen molar-refractivity contribution >= 4 is 11.8 Å². The molecule has 4 rings (SSSR count). The van der Waals surface area contributed by atoms with Gasteiger partial charge < -0.3 is 10.5 Å². The zero-order valence-electron chi connectivity index (χ0n) is 22.5. The maximum Gasteiger partial charge on any atom is 0.196 e. The molecule has 0 saturated carbocycles. The Morgan fingerprint density at radius 3 is 2.16 bits per heavy atom. The molecule has 6 heteroatoms. The predicted octanol–water partition coefficient (Wildman–Crippen LogP) is 7.48. The lowest BCUT2D eigenvalue weighted by Gasteiger charge is -2.19. The monoisotopic (exact) mass is 514 g/mol. The number of hydrogen-bond acceptors (Lipinski definition) is 5. The van der Waals surface area contributed by atoms with Crippen LogP contribution in [-0.2, 0) is 17.8 Å². The van der Waals surface area contributed by atoms with Crippen LogP contribution in [-0.4, -0.2) is 14.8 Å². The minimum atomic E-state index is -0.193. The lowest BCUT2D eigenvalue weighted by atomic mass is 9.87. The van der Waals surface area contributed by atoms with Crippen LogP contribution in [0.25, 0.3) is 5.69 Å². The van der Waals surface area contributed by atoms with Gasteiger partial charge in [-0.05, 0) is 58.7 Å². The molecule has 194 valence electrons. The molecule has 0 aliphatic rings. The lowest BCUT2D eigenvalue weighted by Crippen LogP contribution is -2.18. The van der Waals surface area contributed by atoms with Crippen molar-refractivity contribution in [3.05, 3.63) is 101 Å². The van der Waals surface area contributed by atoms with E-state index in [1.54, 1.807) is 11.8 Å². The Morgan fingerprint density at radius 2 is 1.54 bits per heavy atom. The Kier molecular flexibility index (Phi) is 8.72. The maximum atomic E-state index is 6.60. The molecular formula is C31H38N4OS. The van der Waals surface area contributed by atoms with Crippen molar-refractivity contribution < 1.29 is 4.74 Å². The van der Waals surface area contributed by atoms with Gasteiger partial charge in [0.05, 0.1) is 6.04 Å². The smallest absolute Gasteiger partial charge is 0.196 e. The normalized spacial score (nSPS) is 12.6. The summed E-state index contributed by atoms with van der Waals surface area (Å²) in [5, 5.41) is 9.93. The second-order valence-corrected chi connectivity index (χ2v) is 11.9. The molecule has 0 aliphatic heterocycles. The third-order valence-electron chi connectivity index (χ3n) is 6.25. The van der Waals surface area contributed by atoms with Gasteiger partial charge in [0.2, 0.25) is 0 Å². The van der Waals surface area contributed by atoms with Crippen LogP contribution in [0.15, 0.2) is 84.0 Å². The van der Waals surface area contributed by atoms with Crippen LogP contribution in [0.2, 0.25) is 0 Å². The highest BCUT2D eigenvalue weighted by Gasteiger charge is 2.21. The number of ether oxygens (including phenoxy) is 1. The van der Waals surface area contributed by atoms with E-state index in [2.05, 4.69) is 97.9 Å². The first-order chi connectivity index (χ1) is 17.7. The largest absolute Gasteiger partial charge is 0.489 e. The zero-order chi connectivity index (χ0) is 26.4. The number of nitrogens with zero attached hydrogens (tertiary/aromatic N) is 3. The summed E-state index contributed by atoms with van der Waals surface area (Å²) in [6.45, 7) is 11.6. The molecule has 0 amide bonds. The van der Waals surface area contributed by atoms with E-state index in [1.807, 2.05) is 30.3 Å². The maximum absolute atomic E-state index is 6.60. The van der Waals surface area contributed by atoms with E-state index in [1.165, 1.54) is 11.1 Å². The molecule has 0 fully saturated rings. The van der Waals surface area contributed by atoms with Crippen molar-refractivity contribution in [2.45, 2.75) is 70.0 Å². The second-order valence-electron chi connectivity index (χ2n) is 10.9. The molecule has 3 aromatic carbocycles. The minimum Gasteiger partial charge on any atom is -0.489 e. The number of nitrogens with two attached hydrogens (primary N) is 1. The van der Waals surface area contributed by atoms with E-state index in [0.717, 1.165) is 40.2 Å². The van der Waals surface area contributed by atoms with E-state index in [9.17, 15) is 0 Å². The summed E-state index contributed by atoms with van der Waals surface area (Å²) in [7, 11) is 0. The van der Waals surface area contributed by atoms with Gasteiger partial charge in [-0.3, -0.25) is 4.57 Å². The summed E-state index contributed by atoms with van der Waals surface area (Å²) >= 11 is 1.68. The van der Waals surface area contributed by atoms with Gasteiger partial charge in [0, 0.05) is 11.4 Å². The predicted molar refractivity (Wildman–Crippen MR) is 153 cm³/mol. The highest BCUT2D eigenvalue weighted by Crippen LogP contribution is 2.30. The fourth-order valence-electron chi connectivity index (χ4n) is 4.15. The quantitative estimate of drug-likeness (QED) is 0.222. The number of thioether (sulfide) groups is 1. The van der Waals surface area contributed by atoms with Crippen LogP contribution >= 0.6 is 11.8 Å². The second kappa shape index (κ2) is 12.0. The highest BCUT2D eigenvalue weighted by molar-refractivity contribution is 7.98. The third kappa shape index (κ3) is 7.24. The van der Waals surface area contributed by atoms with E-state index < -0.39 is 0 Å². The molecule has 2 N–H and O–H groups in total. The van der Waals surface area contributed by atoms with E-state index in [4.69, 9.17) is 10.5 Å². The highest BCUT2D eigenvalue weighted by atomic mass is 32.2. The van der Waals surface area contributed by atoms with Crippen LogP contribution in [0.1, 0.15) is 69.6 Å². The molecule has 37 heavy (non-hydrogen) atoms. The molecule has 0 bridgehead atoms. The van der Waals surface area contributed by atoms with E-state index >= 15 is 0 Å². The average Bonchev–Trinajstić information content (AvgIpc) is 3.31. The SMILES string of the molecule is CC(C)C[C@H](N)c1nnc(SCc2ccc(C(C)(C)C)cc2)n1-c1ccc(OCc2ccccc2)cc1. The minimum absolute atomic E-state index is 0.143. The van der Waals surface area contributed by atoms with Gasteiger partial charge >= 0.3 is 0 Å². The van der Waals surface area contributed by atoms with Gasteiger partial charge in [-0.2, -0.15) is 0 Å². The standard InChI is InChI=1S/C31H38N4OS/c1-22(2)19-28(32)29-33-34-30(37-21-24-11-13-25(14-12-24)31(3,4)5)35(29)26-15-17-27(18-16-26)36-20-23-9-7-6-8-10-23/h6-18,22,28H,19-21,32H2,1-5H3/t28-/m0/s1. The number of aromatic nitrogens is 3.